The lowest BCUT2D eigenvalue weighted by Crippen LogP contribution is -2.36. The molecule has 2 saturated heterocycles. The van der Waals surface area contributed by atoms with Crippen molar-refractivity contribution in [1.82, 2.24) is 0 Å². The lowest BCUT2D eigenvalue weighted by atomic mass is 10.1. The predicted molar refractivity (Wildman–Crippen MR) is 89.4 cm³/mol. The van der Waals surface area contributed by atoms with Crippen molar-refractivity contribution in [1.29, 1.82) is 5.26 Å². The number of benzene rings is 1. The molecule has 2 aliphatic rings. The molecule has 2 heterocycles. The average Bonchev–Trinajstić information content (AvgIpc) is 3.09. The Hall–Kier alpha value is -2.24. The molecular formula is C19H21NO6. The minimum Gasteiger partial charge on any atom is -0.465 e. The molecule has 0 radical (unpaired) electrons. The molecule has 1 aromatic carbocycles. The zero-order chi connectivity index (χ0) is 18.7. The second-order valence-corrected chi connectivity index (χ2v) is 6.51. The van der Waals surface area contributed by atoms with Gasteiger partial charge in [-0.2, -0.15) is 5.26 Å². The van der Waals surface area contributed by atoms with Gasteiger partial charge < -0.3 is 23.7 Å². The summed E-state index contributed by atoms with van der Waals surface area (Å²) in [4.78, 5) is 11.7. The van der Waals surface area contributed by atoms with Crippen molar-refractivity contribution >= 4 is 5.97 Å². The third kappa shape index (κ3) is 3.94. The molecule has 4 atom stereocenters. The number of fused-ring (bicyclic) bond motifs is 1. The van der Waals surface area contributed by atoms with E-state index in [2.05, 4.69) is 4.74 Å². The molecule has 7 nitrogen and oxygen atoms in total. The van der Waals surface area contributed by atoms with Gasteiger partial charge in [-0.3, -0.25) is 0 Å². The van der Waals surface area contributed by atoms with Crippen molar-refractivity contribution in [2.45, 2.75) is 50.8 Å². The molecular weight excluding hydrogens is 338 g/mol. The first kappa shape index (κ1) is 18.5. The highest BCUT2D eigenvalue weighted by Crippen LogP contribution is 2.39. The Bertz CT molecular complexity index is 723. The standard InChI is InChI=1S/C19H21NO6/c1-19(2)25-16-15(23-11-12-7-5-4-6-8-12)14(24-18(16)26-19)9-13(10-20)17(21)22-3/h4-9,14-16,18H,11H2,1-3H3/b13-9+/t14?,15-,16+,18+/m0/s1. The normalized spacial score (nSPS) is 29.8. The van der Waals surface area contributed by atoms with Gasteiger partial charge in [0.1, 0.15) is 30.0 Å². The fourth-order valence-electron chi connectivity index (χ4n) is 3.02. The van der Waals surface area contributed by atoms with Crippen LogP contribution in [0.25, 0.3) is 0 Å². The maximum Gasteiger partial charge on any atom is 0.348 e. The number of hydrogen-bond donors (Lipinski definition) is 0. The number of nitrogens with zero attached hydrogens (tertiary/aromatic N) is 1. The van der Waals surface area contributed by atoms with E-state index in [1.54, 1.807) is 13.8 Å². The number of carbonyl (C=O) groups excluding carboxylic acids is 1. The van der Waals surface area contributed by atoms with Crippen LogP contribution >= 0.6 is 0 Å². The fraction of sp³-hybridized carbons (Fsp3) is 0.474. The summed E-state index contributed by atoms with van der Waals surface area (Å²) in [5, 5.41) is 9.19. The first-order valence-corrected chi connectivity index (χ1v) is 8.30. The van der Waals surface area contributed by atoms with Crippen LogP contribution in [-0.4, -0.2) is 43.5 Å². The molecule has 0 amide bonds. The monoisotopic (exact) mass is 359 g/mol. The highest BCUT2D eigenvalue weighted by atomic mass is 16.8. The molecule has 138 valence electrons. The second kappa shape index (κ2) is 7.56. The number of ether oxygens (including phenoxy) is 5. The molecule has 0 saturated carbocycles. The van der Waals surface area contributed by atoms with Gasteiger partial charge >= 0.3 is 5.97 Å². The summed E-state index contributed by atoms with van der Waals surface area (Å²) in [6.45, 7) is 3.93. The van der Waals surface area contributed by atoms with E-state index in [-0.39, 0.29) is 5.57 Å². The van der Waals surface area contributed by atoms with Crippen LogP contribution in [0.3, 0.4) is 0 Å². The van der Waals surface area contributed by atoms with Crippen molar-refractivity contribution in [3.8, 4) is 6.07 Å². The Morgan fingerprint density at radius 1 is 1.31 bits per heavy atom. The van der Waals surface area contributed by atoms with Gasteiger partial charge in [-0.05, 0) is 25.5 Å². The Kier molecular flexibility index (Phi) is 5.39. The predicted octanol–water partition coefficient (Wildman–Crippen LogP) is 2.07. The molecule has 3 rings (SSSR count). The molecule has 0 aromatic heterocycles. The topological polar surface area (TPSA) is 87.0 Å². The molecule has 0 bridgehead atoms. The number of carbonyl (C=O) groups is 1. The Morgan fingerprint density at radius 2 is 2.04 bits per heavy atom. The number of methoxy groups -OCH3 is 1. The highest BCUT2D eigenvalue weighted by Gasteiger charge is 2.55. The van der Waals surface area contributed by atoms with Gasteiger partial charge in [-0.15, -0.1) is 0 Å². The third-order valence-corrected chi connectivity index (χ3v) is 4.17. The van der Waals surface area contributed by atoms with E-state index < -0.39 is 36.4 Å². The molecule has 1 aromatic rings. The van der Waals surface area contributed by atoms with E-state index in [4.69, 9.17) is 18.9 Å². The van der Waals surface area contributed by atoms with Crippen molar-refractivity contribution < 1.29 is 28.5 Å². The maximum absolute atomic E-state index is 11.7. The van der Waals surface area contributed by atoms with Crippen molar-refractivity contribution in [2.75, 3.05) is 7.11 Å². The molecule has 2 fully saturated rings. The summed E-state index contributed by atoms with van der Waals surface area (Å²) in [7, 11) is 1.22. The maximum atomic E-state index is 11.7. The lowest BCUT2D eigenvalue weighted by molar-refractivity contribution is -0.213. The zero-order valence-electron chi connectivity index (χ0n) is 14.9. The average molecular weight is 359 g/mol. The Balaban J connectivity index is 1.80. The molecule has 2 aliphatic heterocycles. The zero-order valence-corrected chi connectivity index (χ0v) is 14.9. The van der Waals surface area contributed by atoms with Gasteiger partial charge in [0.05, 0.1) is 13.7 Å². The Labute approximate surface area is 152 Å². The number of hydrogen-bond acceptors (Lipinski definition) is 7. The van der Waals surface area contributed by atoms with E-state index in [0.29, 0.717) is 6.61 Å². The number of rotatable bonds is 5. The number of nitriles is 1. The van der Waals surface area contributed by atoms with Crippen LogP contribution in [0, 0.1) is 11.3 Å². The summed E-state index contributed by atoms with van der Waals surface area (Å²) >= 11 is 0. The van der Waals surface area contributed by atoms with Gasteiger partial charge in [0.25, 0.3) is 0 Å². The van der Waals surface area contributed by atoms with Crippen LogP contribution in [0.1, 0.15) is 19.4 Å². The first-order valence-electron chi connectivity index (χ1n) is 8.30. The number of esters is 1. The van der Waals surface area contributed by atoms with Crippen LogP contribution in [0.2, 0.25) is 0 Å². The Morgan fingerprint density at radius 3 is 2.69 bits per heavy atom. The minimum atomic E-state index is -0.793. The molecule has 26 heavy (non-hydrogen) atoms. The molecule has 0 N–H and O–H groups in total. The largest absolute Gasteiger partial charge is 0.465 e. The fourth-order valence-corrected chi connectivity index (χ4v) is 3.02. The van der Waals surface area contributed by atoms with Gasteiger partial charge in [0.2, 0.25) is 0 Å². The first-order chi connectivity index (χ1) is 12.4. The van der Waals surface area contributed by atoms with Crippen molar-refractivity contribution in [2.24, 2.45) is 0 Å². The van der Waals surface area contributed by atoms with Crippen molar-refractivity contribution in [3.63, 3.8) is 0 Å². The van der Waals surface area contributed by atoms with Gasteiger partial charge in [-0.25, -0.2) is 4.79 Å². The lowest BCUT2D eigenvalue weighted by Gasteiger charge is -2.24. The van der Waals surface area contributed by atoms with E-state index in [0.717, 1.165) is 5.56 Å². The van der Waals surface area contributed by atoms with Gasteiger partial charge in [-0.1, -0.05) is 30.3 Å². The summed E-state index contributed by atoms with van der Waals surface area (Å²) in [5.41, 5.74) is 0.843. The SMILES string of the molecule is COC(=O)/C(C#N)=C/C1O[C@@H]2OC(C)(C)O[C@@H]2[C@H]1OCc1ccccc1. The van der Waals surface area contributed by atoms with Gasteiger partial charge in [0, 0.05) is 0 Å². The summed E-state index contributed by atoms with van der Waals surface area (Å²) in [6, 6.07) is 11.5. The minimum absolute atomic E-state index is 0.148. The van der Waals surface area contributed by atoms with Crippen LogP contribution in [0.5, 0.6) is 0 Å². The van der Waals surface area contributed by atoms with Crippen LogP contribution < -0.4 is 0 Å². The van der Waals surface area contributed by atoms with Gasteiger partial charge in [0.15, 0.2) is 12.1 Å². The second-order valence-electron chi connectivity index (χ2n) is 6.51. The van der Waals surface area contributed by atoms with Crippen LogP contribution in [0.15, 0.2) is 42.0 Å². The van der Waals surface area contributed by atoms with E-state index in [1.807, 2.05) is 36.4 Å². The molecule has 0 aliphatic carbocycles. The van der Waals surface area contributed by atoms with Crippen LogP contribution in [-0.2, 0) is 35.1 Å². The van der Waals surface area contributed by atoms with E-state index in [1.165, 1.54) is 13.2 Å². The summed E-state index contributed by atoms with van der Waals surface area (Å²) in [5.74, 6) is -1.52. The van der Waals surface area contributed by atoms with Crippen LogP contribution in [0.4, 0.5) is 0 Å². The molecule has 7 heteroatoms. The van der Waals surface area contributed by atoms with E-state index in [9.17, 15) is 10.1 Å². The molecule has 0 spiro atoms. The van der Waals surface area contributed by atoms with E-state index >= 15 is 0 Å². The highest BCUT2D eigenvalue weighted by molar-refractivity contribution is 5.92. The third-order valence-electron chi connectivity index (χ3n) is 4.17. The smallest absolute Gasteiger partial charge is 0.348 e. The molecule has 1 unspecified atom stereocenters. The quantitative estimate of drug-likeness (QED) is 0.452. The summed E-state index contributed by atoms with van der Waals surface area (Å²) in [6.07, 6.45) is -0.898. The van der Waals surface area contributed by atoms with Crippen molar-refractivity contribution in [3.05, 3.63) is 47.5 Å². The summed E-state index contributed by atoms with van der Waals surface area (Å²) < 4.78 is 28.1.